The molecule has 0 atom stereocenters. The fourth-order valence-electron chi connectivity index (χ4n) is 1.56. The van der Waals surface area contributed by atoms with Crippen LogP contribution in [0.15, 0.2) is 28.2 Å². The average Bonchev–Trinajstić information content (AvgIpc) is 2.72. The summed E-state index contributed by atoms with van der Waals surface area (Å²) >= 11 is 4.97. The molecule has 0 saturated carbocycles. The third-order valence-electron chi connectivity index (χ3n) is 2.62. The Balaban J connectivity index is 2.06. The molecule has 0 bridgehead atoms. The smallest absolute Gasteiger partial charge is 0.252 e. The summed E-state index contributed by atoms with van der Waals surface area (Å²) in [5.74, 6) is -0.0744. The molecule has 0 radical (unpaired) electrons. The Morgan fingerprint density at radius 3 is 2.83 bits per heavy atom. The van der Waals surface area contributed by atoms with Gasteiger partial charge in [-0.2, -0.15) is 0 Å². The van der Waals surface area contributed by atoms with Crippen molar-refractivity contribution in [1.82, 2.24) is 10.3 Å². The highest BCUT2D eigenvalue weighted by molar-refractivity contribution is 9.10. The topological polar surface area (TPSA) is 42.0 Å². The maximum Gasteiger partial charge on any atom is 0.252 e. The number of benzene rings is 1. The van der Waals surface area contributed by atoms with Gasteiger partial charge in [-0.15, -0.1) is 11.3 Å². The lowest BCUT2D eigenvalue weighted by Crippen LogP contribution is -2.23. The quantitative estimate of drug-likeness (QED) is 0.939. The Kier molecular flexibility index (Phi) is 4.14. The largest absolute Gasteiger partial charge is 0.347 e. The van der Waals surface area contributed by atoms with Gasteiger partial charge in [-0.3, -0.25) is 4.79 Å². The lowest BCUT2D eigenvalue weighted by atomic mass is 10.1. The summed E-state index contributed by atoms with van der Waals surface area (Å²) < 4.78 is 0.820. The third-order valence-corrected chi connectivity index (χ3v) is 4.21. The number of amides is 1. The molecule has 0 saturated heterocycles. The number of nitrogens with zero attached hydrogens (tertiary/aromatic N) is 1. The van der Waals surface area contributed by atoms with Crippen LogP contribution >= 0.6 is 27.3 Å². The zero-order valence-electron chi connectivity index (χ0n) is 10.2. The van der Waals surface area contributed by atoms with E-state index in [9.17, 15) is 4.79 Å². The van der Waals surface area contributed by atoms with Crippen LogP contribution in [0.2, 0.25) is 0 Å². The van der Waals surface area contributed by atoms with E-state index < -0.39 is 0 Å². The summed E-state index contributed by atoms with van der Waals surface area (Å²) in [5.41, 5.74) is 4.54. The Hall–Kier alpha value is -1.20. The molecule has 3 nitrogen and oxygen atoms in total. The molecule has 94 valence electrons. The number of rotatable bonds is 3. The van der Waals surface area contributed by atoms with E-state index in [1.807, 2.05) is 32.0 Å². The Morgan fingerprint density at radius 1 is 1.44 bits per heavy atom. The van der Waals surface area contributed by atoms with Gasteiger partial charge in [0.25, 0.3) is 5.91 Å². The van der Waals surface area contributed by atoms with Gasteiger partial charge < -0.3 is 5.32 Å². The second kappa shape index (κ2) is 5.63. The van der Waals surface area contributed by atoms with Gasteiger partial charge >= 0.3 is 0 Å². The maximum atomic E-state index is 12.0. The molecule has 2 aromatic rings. The van der Waals surface area contributed by atoms with Crippen LogP contribution in [0.1, 0.15) is 26.5 Å². The first-order valence-electron chi connectivity index (χ1n) is 5.51. The molecule has 1 aromatic carbocycles. The molecular weight excluding hydrogens is 312 g/mol. The zero-order chi connectivity index (χ0) is 13.1. The summed E-state index contributed by atoms with van der Waals surface area (Å²) in [7, 11) is 0. The van der Waals surface area contributed by atoms with E-state index in [1.54, 1.807) is 16.8 Å². The van der Waals surface area contributed by atoms with E-state index in [0.717, 1.165) is 20.6 Å². The van der Waals surface area contributed by atoms with Crippen LogP contribution in [0.25, 0.3) is 0 Å². The molecule has 0 unspecified atom stereocenters. The van der Waals surface area contributed by atoms with E-state index in [0.29, 0.717) is 12.1 Å². The van der Waals surface area contributed by atoms with Crippen molar-refractivity contribution in [2.24, 2.45) is 0 Å². The highest BCUT2D eigenvalue weighted by atomic mass is 79.9. The normalized spacial score (nSPS) is 10.4. The number of hydrogen-bond donors (Lipinski definition) is 1. The maximum absolute atomic E-state index is 12.0. The molecule has 1 aromatic heterocycles. The molecule has 0 aliphatic rings. The minimum Gasteiger partial charge on any atom is -0.347 e. The van der Waals surface area contributed by atoms with Crippen molar-refractivity contribution in [3.05, 3.63) is 49.9 Å². The SMILES string of the molecule is Cc1ccc(C(=O)NCc2scnc2C)c(Br)c1. The van der Waals surface area contributed by atoms with E-state index in [-0.39, 0.29) is 5.91 Å². The molecule has 2 rings (SSSR count). The van der Waals surface area contributed by atoms with Crippen LogP contribution < -0.4 is 5.32 Å². The first-order valence-corrected chi connectivity index (χ1v) is 7.18. The van der Waals surface area contributed by atoms with Crippen molar-refractivity contribution < 1.29 is 4.79 Å². The number of carbonyl (C=O) groups excluding carboxylic acids is 1. The number of thiazole rings is 1. The van der Waals surface area contributed by atoms with Crippen molar-refractivity contribution >= 4 is 33.2 Å². The third kappa shape index (κ3) is 2.97. The molecule has 0 fully saturated rings. The van der Waals surface area contributed by atoms with E-state index in [2.05, 4.69) is 26.2 Å². The number of aromatic nitrogens is 1. The van der Waals surface area contributed by atoms with E-state index in [4.69, 9.17) is 0 Å². The monoisotopic (exact) mass is 324 g/mol. The molecule has 1 amide bonds. The van der Waals surface area contributed by atoms with Gasteiger partial charge in [0.1, 0.15) is 0 Å². The van der Waals surface area contributed by atoms with Crippen molar-refractivity contribution in [1.29, 1.82) is 0 Å². The lowest BCUT2D eigenvalue weighted by molar-refractivity contribution is 0.0950. The molecular formula is C13H13BrN2OS. The summed E-state index contributed by atoms with van der Waals surface area (Å²) in [6.45, 7) is 4.46. The molecule has 1 heterocycles. The van der Waals surface area contributed by atoms with Gasteiger partial charge in [-0.1, -0.05) is 6.07 Å². The number of nitrogens with one attached hydrogen (secondary N) is 1. The van der Waals surface area contributed by atoms with Crippen LogP contribution in [0.3, 0.4) is 0 Å². The second-order valence-corrected chi connectivity index (χ2v) is 5.82. The highest BCUT2D eigenvalue weighted by Crippen LogP contribution is 2.18. The molecule has 0 spiro atoms. The summed E-state index contributed by atoms with van der Waals surface area (Å²) in [4.78, 5) is 17.3. The van der Waals surface area contributed by atoms with Gasteiger partial charge in [0.2, 0.25) is 0 Å². The van der Waals surface area contributed by atoms with Crippen molar-refractivity contribution in [3.8, 4) is 0 Å². The molecule has 0 aliphatic carbocycles. The van der Waals surface area contributed by atoms with Crippen molar-refractivity contribution in [2.45, 2.75) is 20.4 Å². The van der Waals surface area contributed by atoms with Gasteiger partial charge in [-0.05, 0) is 47.5 Å². The van der Waals surface area contributed by atoms with Crippen LogP contribution in [-0.2, 0) is 6.54 Å². The fraction of sp³-hybridized carbons (Fsp3) is 0.231. The van der Waals surface area contributed by atoms with Gasteiger partial charge in [0.05, 0.1) is 23.3 Å². The summed E-state index contributed by atoms with van der Waals surface area (Å²) in [6, 6.07) is 5.69. The minimum atomic E-state index is -0.0744. The minimum absolute atomic E-state index is 0.0744. The average molecular weight is 325 g/mol. The van der Waals surface area contributed by atoms with Gasteiger partial charge in [0.15, 0.2) is 0 Å². The van der Waals surface area contributed by atoms with E-state index >= 15 is 0 Å². The van der Waals surface area contributed by atoms with Crippen LogP contribution in [0.5, 0.6) is 0 Å². The molecule has 0 aliphatic heterocycles. The van der Waals surface area contributed by atoms with Crippen LogP contribution in [0, 0.1) is 13.8 Å². The molecule has 5 heteroatoms. The Labute approximate surface area is 118 Å². The second-order valence-electron chi connectivity index (χ2n) is 4.03. The Morgan fingerprint density at radius 2 is 2.22 bits per heavy atom. The standard InChI is InChI=1S/C13H13BrN2OS/c1-8-3-4-10(11(14)5-8)13(17)15-6-12-9(2)16-7-18-12/h3-5,7H,6H2,1-2H3,(H,15,17). The van der Waals surface area contributed by atoms with Crippen molar-refractivity contribution in [3.63, 3.8) is 0 Å². The highest BCUT2D eigenvalue weighted by Gasteiger charge is 2.10. The molecule has 18 heavy (non-hydrogen) atoms. The van der Waals surface area contributed by atoms with Crippen LogP contribution in [-0.4, -0.2) is 10.9 Å². The first kappa shape index (κ1) is 13.2. The number of hydrogen-bond acceptors (Lipinski definition) is 3. The fourth-order valence-corrected chi connectivity index (χ4v) is 2.95. The number of aryl methyl sites for hydroxylation is 2. The predicted octanol–water partition coefficient (Wildman–Crippen LogP) is 3.45. The number of carbonyl (C=O) groups is 1. The van der Waals surface area contributed by atoms with Crippen molar-refractivity contribution in [2.75, 3.05) is 0 Å². The predicted molar refractivity (Wildman–Crippen MR) is 76.9 cm³/mol. The zero-order valence-corrected chi connectivity index (χ0v) is 12.6. The van der Waals surface area contributed by atoms with Gasteiger partial charge in [-0.25, -0.2) is 4.98 Å². The summed E-state index contributed by atoms with van der Waals surface area (Å²) in [5, 5.41) is 2.90. The van der Waals surface area contributed by atoms with E-state index in [1.165, 1.54) is 0 Å². The van der Waals surface area contributed by atoms with Crippen LogP contribution in [0.4, 0.5) is 0 Å². The lowest BCUT2D eigenvalue weighted by Gasteiger charge is -2.07. The number of halogens is 1. The molecule has 1 N–H and O–H groups in total. The Bertz CT molecular complexity index is 580. The summed E-state index contributed by atoms with van der Waals surface area (Å²) in [6.07, 6.45) is 0. The van der Waals surface area contributed by atoms with Gasteiger partial charge in [0, 0.05) is 9.35 Å². The first-order chi connectivity index (χ1) is 8.58.